The van der Waals surface area contributed by atoms with Gasteiger partial charge in [-0.2, -0.15) is 0 Å². The molecule has 0 radical (unpaired) electrons. The molecular weight excluding hydrogens is 1550 g/mol. The number of aliphatic hydroxyl groups is 1. The molecule has 2 fully saturated rings. The van der Waals surface area contributed by atoms with Crippen molar-refractivity contribution in [3.05, 3.63) is 120 Å². The van der Waals surface area contributed by atoms with Crippen LogP contribution < -0.4 is 68.8 Å². The third-order valence-corrected chi connectivity index (χ3v) is 16.6. The SMILES string of the molecule is CC(C)CC(N)C(=O)O.CCCCC(N)C(=O)O.CC[C@@H](C)C(N)C(=O)O.NC(C(=O)O)c1ccccc1.NC(CC(=O)O)C(=O)O.NC(CO)C(=O)O.NC(Cc1ccc2ccccc2c1)C(=O)O.NC(Cc1ccccc1)C(=O)O.NCCCC(N)C(=O)O.NCCCCC(N)C(=O)O.O=C(O)C1CCCC1.O=C(O)C1CCCCC1. The second kappa shape index (κ2) is 73.1. The molecule has 0 aromatic heterocycles. The van der Waals surface area contributed by atoms with Crippen molar-refractivity contribution in [2.75, 3.05) is 19.7 Å². The second-order valence-electron chi connectivity index (χ2n) is 27.4. The van der Waals surface area contributed by atoms with Crippen LogP contribution in [0.5, 0.6) is 0 Å². The van der Waals surface area contributed by atoms with Crippen molar-refractivity contribution in [3.63, 3.8) is 0 Å². The fraction of sp³-hybridized carbons (Fsp3) is 0.557. The molecule has 0 amide bonds. The van der Waals surface area contributed by atoms with Crippen LogP contribution in [0, 0.1) is 23.7 Å². The number of fused-ring (bicyclic) bond motifs is 1. The number of benzene rings is 4. The molecule has 2 aliphatic carbocycles. The van der Waals surface area contributed by atoms with Gasteiger partial charge in [-0.15, -0.1) is 0 Å². The molecule has 0 saturated heterocycles. The number of hydrogen-bond donors (Lipinski definition) is 26. The van der Waals surface area contributed by atoms with Crippen LogP contribution in [-0.4, -0.2) is 223 Å². The van der Waals surface area contributed by atoms with Gasteiger partial charge >= 0.3 is 77.6 Å². The Morgan fingerprint density at radius 2 is 0.737 bits per heavy atom. The first-order valence-electron chi connectivity index (χ1n) is 38.2. The predicted octanol–water partition coefficient (Wildman–Crippen LogP) is 3.52. The maximum Gasteiger partial charge on any atom is 0.325 e. The zero-order valence-corrected chi connectivity index (χ0v) is 68.1. The van der Waals surface area contributed by atoms with Gasteiger partial charge in [-0.05, 0) is 129 Å². The lowest BCUT2D eigenvalue weighted by Crippen LogP contribution is -2.36. The van der Waals surface area contributed by atoms with Crippen LogP contribution in [0.3, 0.4) is 0 Å². The molecule has 39 heteroatoms. The van der Waals surface area contributed by atoms with E-state index in [1.54, 1.807) is 24.3 Å². The van der Waals surface area contributed by atoms with Gasteiger partial charge in [-0.25, -0.2) is 0 Å². The summed E-state index contributed by atoms with van der Waals surface area (Å²) in [6, 6.07) is 23.5. The van der Waals surface area contributed by atoms with Crippen molar-refractivity contribution in [1.82, 2.24) is 0 Å². The van der Waals surface area contributed by atoms with Crippen molar-refractivity contribution in [1.29, 1.82) is 0 Å². The first-order valence-corrected chi connectivity index (χ1v) is 38.2. The number of unbranched alkanes of at least 4 members (excludes halogenated alkanes) is 2. The highest BCUT2D eigenvalue weighted by Crippen LogP contribution is 2.25. The third-order valence-electron chi connectivity index (χ3n) is 16.6. The van der Waals surface area contributed by atoms with Crippen molar-refractivity contribution in [2.45, 2.75) is 236 Å². The fourth-order valence-electron chi connectivity index (χ4n) is 9.09. The average molecular weight is 1680 g/mol. The van der Waals surface area contributed by atoms with Gasteiger partial charge in [-0.3, -0.25) is 62.3 Å². The third kappa shape index (κ3) is 68.9. The number of carboxylic acids is 13. The summed E-state index contributed by atoms with van der Waals surface area (Å²) in [5, 5.41) is 118. The summed E-state index contributed by atoms with van der Waals surface area (Å²) in [5.41, 5.74) is 64.7. The maximum absolute atomic E-state index is 10.6. The van der Waals surface area contributed by atoms with Gasteiger partial charge in [0.2, 0.25) is 0 Å². The summed E-state index contributed by atoms with van der Waals surface area (Å²) >= 11 is 0. The second-order valence-corrected chi connectivity index (χ2v) is 27.4. The number of nitrogens with two attached hydrogens (primary N) is 12. The van der Waals surface area contributed by atoms with Crippen LogP contribution in [0.15, 0.2) is 103 Å². The molecule has 118 heavy (non-hydrogen) atoms. The van der Waals surface area contributed by atoms with Crippen molar-refractivity contribution < 1.29 is 134 Å². The van der Waals surface area contributed by atoms with Gasteiger partial charge in [-0.1, -0.05) is 196 Å². The van der Waals surface area contributed by atoms with E-state index < -0.39 is 151 Å². The van der Waals surface area contributed by atoms with Crippen LogP contribution in [0.4, 0.5) is 0 Å². The van der Waals surface area contributed by atoms with Crippen molar-refractivity contribution in [3.8, 4) is 0 Å². The Morgan fingerprint density at radius 3 is 1.03 bits per heavy atom. The first kappa shape index (κ1) is 119. The fourth-order valence-corrected chi connectivity index (χ4v) is 9.09. The molecule has 39 nitrogen and oxygen atoms in total. The Labute approximate surface area is 687 Å². The molecule has 2 saturated carbocycles. The quantitative estimate of drug-likeness (QED) is 0.0297. The zero-order chi connectivity index (χ0) is 92.2. The minimum absolute atomic E-state index is 0.0185. The van der Waals surface area contributed by atoms with E-state index in [0.717, 1.165) is 105 Å². The highest BCUT2D eigenvalue weighted by molar-refractivity contribution is 5.84. The van der Waals surface area contributed by atoms with E-state index in [1.807, 2.05) is 113 Å². The lowest BCUT2D eigenvalue weighted by atomic mass is 9.90. The van der Waals surface area contributed by atoms with Crippen LogP contribution in [0.2, 0.25) is 0 Å². The lowest BCUT2D eigenvalue weighted by Gasteiger charge is -2.16. The molecule has 0 heterocycles. The molecule has 4 aromatic carbocycles. The molecule has 0 spiro atoms. The maximum atomic E-state index is 10.6. The van der Waals surface area contributed by atoms with Gasteiger partial charge in [0, 0.05) is 0 Å². The Hall–Kier alpha value is -10.3. The Bertz CT molecular complexity index is 3400. The normalized spacial score (nSPS) is 14.4. The van der Waals surface area contributed by atoms with Crippen LogP contribution in [0.1, 0.15) is 186 Å². The monoisotopic (exact) mass is 1680 g/mol. The molecule has 0 bridgehead atoms. The number of aliphatic carboxylic acids is 13. The molecule has 0 aliphatic heterocycles. The molecule has 6 rings (SSSR count). The number of hydrogen-bond acceptors (Lipinski definition) is 26. The number of rotatable bonds is 34. The van der Waals surface area contributed by atoms with E-state index >= 15 is 0 Å². The summed E-state index contributed by atoms with van der Waals surface area (Å²) in [5.74, 6) is -12.0. The highest BCUT2D eigenvalue weighted by Gasteiger charge is 2.23. The van der Waals surface area contributed by atoms with E-state index in [0.29, 0.717) is 69.5 Å². The van der Waals surface area contributed by atoms with Gasteiger partial charge in [0.15, 0.2) is 0 Å². The van der Waals surface area contributed by atoms with E-state index in [9.17, 15) is 62.3 Å². The number of aliphatic hydroxyl groups excluding tert-OH is 1. The molecule has 10 unspecified atom stereocenters. The molecule has 38 N–H and O–H groups in total. The molecule has 672 valence electrons. The molecule has 4 aromatic rings. The largest absolute Gasteiger partial charge is 0.481 e. The van der Waals surface area contributed by atoms with E-state index in [4.69, 9.17) is 140 Å². The zero-order valence-electron chi connectivity index (χ0n) is 68.1. The van der Waals surface area contributed by atoms with Gasteiger partial charge < -0.3 is 140 Å². The van der Waals surface area contributed by atoms with E-state index in [2.05, 4.69) is 0 Å². The summed E-state index contributed by atoms with van der Waals surface area (Å²) in [7, 11) is 0. The van der Waals surface area contributed by atoms with E-state index in [1.165, 1.54) is 6.42 Å². The Morgan fingerprint density at radius 1 is 0.373 bits per heavy atom. The summed E-state index contributed by atoms with van der Waals surface area (Å²) < 4.78 is 0. The standard InChI is InChI=1S/C13H13NO2.C9H11NO2.C8H9NO2.C7H12O2.C6H14N2O2.3C6H13NO2.C6H10O2.C5H12N2O2.C4H7NO4.C3H7NO3/c14-12(13(15)16)8-9-5-6-10-3-1-2-4-11(10)7-9;10-8(9(11)12)6-7-4-2-1-3-5-7;9-7(8(10)11)6-4-2-1-3-5-6;8-7(9)6-4-2-1-3-5-6;7-4-2-1-3-5(8)6(9)10;1-4(2)3-5(7)6(8)9;1-3-4(2)5(7)6(8)9;1-2-3-4-5(7)6(8)9;7-6(8)5-3-1-2-4-5;6-3-1-2-4(7)5(8)9;5-2(4(8)9)1-3(6)7;4-2(1-5)3(6)7/h1-7,12H,8,14H2,(H,15,16);1-5,8H,6,10H2,(H,11,12);1-5,7H,9H2,(H,10,11);6H,1-5H2,(H,8,9);5H,1-4,7-8H2,(H,9,10);2*4-5H,3,7H2,1-2H3,(H,8,9);5H,2-4,7H2,1H3,(H,8,9);5H,1-4H2,(H,7,8);4H,1-3,6-7H2,(H,8,9);2H,1,5H2,(H,6,7)(H,8,9);2,5H,1,4H2,(H,6,7)/t;;;;;;4-,5?;;;;;/m......1...../s1. The average Bonchev–Trinajstić information content (AvgIpc) is 0.960. The van der Waals surface area contributed by atoms with Gasteiger partial charge in [0.05, 0.1) is 24.9 Å². The Kier molecular flexibility index (Phi) is 73.5. The smallest absolute Gasteiger partial charge is 0.325 e. The topological polar surface area (TPSA) is 817 Å². The van der Waals surface area contributed by atoms with Crippen LogP contribution in [-0.2, 0) is 75.2 Å². The molecular formula is C79H134N12O27. The van der Waals surface area contributed by atoms with Gasteiger partial charge in [0.1, 0.15) is 60.4 Å². The summed E-state index contributed by atoms with van der Waals surface area (Å²) in [6.45, 7) is 10.3. The number of carbonyl (C=O) groups is 13. The Balaban J connectivity index is -0.000000292. The summed E-state index contributed by atoms with van der Waals surface area (Å²) in [4.78, 5) is 132. The summed E-state index contributed by atoms with van der Waals surface area (Å²) in [6.07, 6.45) is 16.6. The van der Waals surface area contributed by atoms with Crippen LogP contribution >= 0.6 is 0 Å². The highest BCUT2D eigenvalue weighted by atomic mass is 16.4. The molecule has 11 atom stereocenters. The van der Waals surface area contributed by atoms with Crippen molar-refractivity contribution in [2.24, 2.45) is 92.5 Å². The van der Waals surface area contributed by atoms with E-state index in [-0.39, 0.29) is 17.8 Å². The predicted molar refractivity (Wildman–Crippen MR) is 442 cm³/mol. The minimum atomic E-state index is -1.29. The van der Waals surface area contributed by atoms with Crippen molar-refractivity contribution >= 4 is 88.4 Å². The van der Waals surface area contributed by atoms with Gasteiger partial charge in [0.25, 0.3) is 0 Å². The minimum Gasteiger partial charge on any atom is -0.481 e. The lowest BCUT2D eigenvalue weighted by molar-refractivity contribution is -0.144. The molecule has 2 aliphatic rings. The van der Waals surface area contributed by atoms with Crippen LogP contribution in [0.25, 0.3) is 10.8 Å². The number of carboxylic acid groups (broad SMARTS) is 13. The first-order chi connectivity index (χ1) is 55.1.